The van der Waals surface area contributed by atoms with Crippen LogP contribution in [0, 0.1) is 6.92 Å². The summed E-state index contributed by atoms with van der Waals surface area (Å²) >= 11 is 6.00. The van der Waals surface area contributed by atoms with Gasteiger partial charge >= 0.3 is 0 Å². The highest BCUT2D eigenvalue weighted by Crippen LogP contribution is 2.28. The summed E-state index contributed by atoms with van der Waals surface area (Å²) in [5.41, 5.74) is 4.96. The number of carbonyl (C=O) groups is 2. The number of rotatable bonds is 4. The SMILES string of the molecule is C=C(C(=O)Nc1ccc(-c2ncccc2C)cc1)N1Cc2cc(Cl)ccc2C1=O. The molecule has 1 aliphatic rings. The quantitative estimate of drug-likeness (QED) is 0.635. The van der Waals surface area contributed by atoms with Gasteiger partial charge in [-0.1, -0.05) is 36.4 Å². The number of aromatic nitrogens is 1. The lowest BCUT2D eigenvalue weighted by Gasteiger charge is -2.18. The van der Waals surface area contributed by atoms with E-state index < -0.39 is 5.91 Å². The molecule has 5 nitrogen and oxygen atoms in total. The first kappa shape index (κ1) is 18.9. The van der Waals surface area contributed by atoms with Crippen LogP contribution in [0.3, 0.4) is 0 Å². The second-order valence-corrected chi connectivity index (χ2v) is 7.28. The molecular formula is C23H18ClN3O2. The molecule has 2 heterocycles. The third kappa shape index (κ3) is 3.65. The second kappa shape index (κ2) is 7.53. The molecule has 2 aromatic carbocycles. The Morgan fingerprint density at radius 2 is 1.93 bits per heavy atom. The number of carbonyl (C=O) groups excluding carboxylic acids is 2. The number of nitrogens with one attached hydrogen (secondary N) is 1. The van der Waals surface area contributed by atoms with Crippen LogP contribution in [0.5, 0.6) is 0 Å². The van der Waals surface area contributed by atoms with Crippen molar-refractivity contribution < 1.29 is 9.59 Å². The maximum absolute atomic E-state index is 12.6. The molecule has 4 rings (SSSR count). The largest absolute Gasteiger partial charge is 0.321 e. The number of fused-ring (bicyclic) bond motifs is 1. The Balaban J connectivity index is 1.46. The van der Waals surface area contributed by atoms with Crippen molar-refractivity contribution in [3.05, 3.63) is 94.8 Å². The first-order chi connectivity index (χ1) is 13.9. The van der Waals surface area contributed by atoms with Gasteiger partial charge in [0.2, 0.25) is 0 Å². The van der Waals surface area contributed by atoms with E-state index in [0.29, 0.717) is 16.3 Å². The molecular weight excluding hydrogens is 386 g/mol. The van der Waals surface area contributed by atoms with Gasteiger partial charge in [0.15, 0.2) is 0 Å². The summed E-state index contributed by atoms with van der Waals surface area (Å²) in [5.74, 6) is -0.684. The van der Waals surface area contributed by atoms with Crippen LogP contribution in [0.25, 0.3) is 11.3 Å². The summed E-state index contributed by atoms with van der Waals surface area (Å²) in [6, 6.07) is 16.4. The van der Waals surface area contributed by atoms with Crippen LogP contribution in [-0.2, 0) is 11.3 Å². The highest BCUT2D eigenvalue weighted by molar-refractivity contribution is 6.30. The fourth-order valence-corrected chi connectivity index (χ4v) is 3.53. The normalized spacial score (nSPS) is 12.6. The van der Waals surface area contributed by atoms with Crippen molar-refractivity contribution in [2.24, 2.45) is 0 Å². The number of anilines is 1. The minimum atomic E-state index is -0.431. The summed E-state index contributed by atoms with van der Waals surface area (Å²) in [7, 11) is 0. The van der Waals surface area contributed by atoms with Gasteiger partial charge in [-0.25, -0.2) is 0 Å². The van der Waals surface area contributed by atoms with E-state index in [4.69, 9.17) is 11.6 Å². The molecule has 144 valence electrons. The first-order valence-electron chi connectivity index (χ1n) is 9.06. The summed E-state index contributed by atoms with van der Waals surface area (Å²) in [4.78, 5) is 31.0. The van der Waals surface area contributed by atoms with E-state index in [0.717, 1.165) is 22.4 Å². The van der Waals surface area contributed by atoms with Crippen molar-refractivity contribution >= 4 is 29.1 Å². The van der Waals surface area contributed by atoms with Crippen LogP contribution < -0.4 is 5.32 Å². The topological polar surface area (TPSA) is 62.3 Å². The van der Waals surface area contributed by atoms with Crippen molar-refractivity contribution in [1.29, 1.82) is 0 Å². The van der Waals surface area contributed by atoms with Gasteiger partial charge in [0, 0.05) is 28.0 Å². The van der Waals surface area contributed by atoms with Crippen LogP contribution in [0.2, 0.25) is 5.02 Å². The molecule has 1 aliphatic heterocycles. The van der Waals surface area contributed by atoms with E-state index in [2.05, 4.69) is 16.9 Å². The van der Waals surface area contributed by atoms with Gasteiger partial charge in [0.05, 0.1) is 12.2 Å². The molecule has 0 radical (unpaired) electrons. The van der Waals surface area contributed by atoms with Gasteiger partial charge in [0.25, 0.3) is 11.8 Å². The standard InChI is InChI=1S/C23H18ClN3O2/c1-14-4-3-11-25-21(14)16-5-8-19(9-6-16)26-22(28)15(2)27-13-17-12-18(24)7-10-20(17)23(27)29/h3-12H,2,13H2,1H3,(H,26,28). The van der Waals surface area contributed by atoms with Gasteiger partial charge in [-0.15, -0.1) is 0 Å². The highest BCUT2D eigenvalue weighted by atomic mass is 35.5. The average molecular weight is 404 g/mol. The Morgan fingerprint density at radius 3 is 2.66 bits per heavy atom. The van der Waals surface area contributed by atoms with Crippen LogP contribution >= 0.6 is 11.6 Å². The average Bonchev–Trinajstić information content (AvgIpc) is 3.04. The maximum Gasteiger partial charge on any atom is 0.271 e. The van der Waals surface area contributed by atoms with Crippen molar-refractivity contribution in [2.45, 2.75) is 13.5 Å². The predicted octanol–water partition coefficient (Wildman–Crippen LogP) is 4.82. The molecule has 0 fully saturated rings. The molecule has 3 aromatic rings. The Bertz CT molecular complexity index is 1140. The molecule has 29 heavy (non-hydrogen) atoms. The lowest BCUT2D eigenvalue weighted by Crippen LogP contribution is -2.30. The zero-order chi connectivity index (χ0) is 20.5. The minimum Gasteiger partial charge on any atom is -0.321 e. The summed E-state index contributed by atoms with van der Waals surface area (Å²) < 4.78 is 0. The number of amides is 2. The predicted molar refractivity (Wildman–Crippen MR) is 114 cm³/mol. The Morgan fingerprint density at radius 1 is 1.17 bits per heavy atom. The third-order valence-corrected chi connectivity index (χ3v) is 5.12. The van der Waals surface area contributed by atoms with Gasteiger partial charge in [-0.05, 0) is 54.4 Å². The Kier molecular flexibility index (Phi) is 4.91. The van der Waals surface area contributed by atoms with E-state index >= 15 is 0 Å². The number of hydrogen-bond acceptors (Lipinski definition) is 3. The molecule has 0 unspecified atom stereocenters. The van der Waals surface area contributed by atoms with E-state index in [1.54, 1.807) is 36.5 Å². The number of hydrogen-bond donors (Lipinski definition) is 1. The zero-order valence-electron chi connectivity index (χ0n) is 15.8. The van der Waals surface area contributed by atoms with Crippen LogP contribution in [-0.4, -0.2) is 21.7 Å². The lowest BCUT2D eigenvalue weighted by molar-refractivity contribution is -0.114. The summed E-state index contributed by atoms with van der Waals surface area (Å²) in [5, 5.41) is 3.34. The fraction of sp³-hybridized carbons (Fsp3) is 0.0870. The molecule has 0 saturated heterocycles. The lowest BCUT2D eigenvalue weighted by atomic mass is 10.1. The molecule has 1 aromatic heterocycles. The highest BCUT2D eigenvalue weighted by Gasteiger charge is 2.31. The van der Waals surface area contributed by atoms with Crippen molar-refractivity contribution in [2.75, 3.05) is 5.32 Å². The maximum atomic E-state index is 12.6. The number of aryl methyl sites for hydroxylation is 1. The number of halogens is 1. The summed E-state index contributed by atoms with van der Waals surface area (Å²) in [6.07, 6.45) is 1.75. The molecule has 2 amide bonds. The molecule has 0 saturated carbocycles. The van der Waals surface area contributed by atoms with Crippen molar-refractivity contribution in [3.8, 4) is 11.3 Å². The van der Waals surface area contributed by atoms with Gasteiger partial charge in [-0.2, -0.15) is 0 Å². The number of nitrogens with zero attached hydrogens (tertiary/aromatic N) is 2. The van der Waals surface area contributed by atoms with Crippen LogP contribution in [0.15, 0.2) is 73.1 Å². The second-order valence-electron chi connectivity index (χ2n) is 6.84. The van der Waals surface area contributed by atoms with E-state index in [1.165, 1.54) is 4.90 Å². The van der Waals surface area contributed by atoms with Crippen LogP contribution in [0.1, 0.15) is 21.5 Å². The zero-order valence-corrected chi connectivity index (χ0v) is 16.5. The molecule has 0 spiro atoms. The summed E-state index contributed by atoms with van der Waals surface area (Å²) in [6.45, 7) is 6.09. The first-order valence-corrected chi connectivity index (χ1v) is 9.44. The third-order valence-electron chi connectivity index (χ3n) is 4.88. The van der Waals surface area contributed by atoms with Crippen LogP contribution in [0.4, 0.5) is 5.69 Å². The molecule has 0 atom stereocenters. The fourth-order valence-electron chi connectivity index (χ4n) is 3.33. The number of benzene rings is 2. The Labute approximate surface area is 173 Å². The van der Waals surface area contributed by atoms with Gasteiger partial charge < -0.3 is 5.32 Å². The minimum absolute atomic E-state index is 0.0898. The molecule has 0 bridgehead atoms. The van der Waals surface area contributed by atoms with Crippen molar-refractivity contribution in [1.82, 2.24) is 9.88 Å². The molecule has 0 aliphatic carbocycles. The number of pyridine rings is 1. The van der Waals surface area contributed by atoms with Gasteiger partial charge in [-0.3, -0.25) is 19.5 Å². The molecule has 6 heteroatoms. The monoisotopic (exact) mass is 403 g/mol. The van der Waals surface area contributed by atoms with E-state index in [9.17, 15) is 9.59 Å². The Hall–Kier alpha value is -3.44. The van der Waals surface area contributed by atoms with Crippen molar-refractivity contribution in [3.63, 3.8) is 0 Å². The van der Waals surface area contributed by atoms with E-state index in [-0.39, 0.29) is 18.1 Å². The van der Waals surface area contributed by atoms with E-state index in [1.807, 2.05) is 31.2 Å². The van der Waals surface area contributed by atoms with Gasteiger partial charge in [0.1, 0.15) is 5.70 Å². The molecule has 1 N–H and O–H groups in total. The smallest absolute Gasteiger partial charge is 0.271 e.